The van der Waals surface area contributed by atoms with Crippen LogP contribution in [0, 0.1) is 13.8 Å². The number of aromatic nitrogens is 5. The standard InChI is InChI=1S/C3H5N3.C3H4N2O2.C3H6N2OS/c1-3-4-2-5-6-3;1-2-4-3(6)7-5-2;1-3-4-6-7(2)5-3/h2H,1H3,(H,4,5,6);1H3,(H,4,5,6);2H2,1H3,(H,4,5). The molecule has 1 aliphatic rings. The van der Waals surface area contributed by atoms with Crippen molar-refractivity contribution in [2.45, 2.75) is 20.8 Å². The summed E-state index contributed by atoms with van der Waals surface area (Å²) in [6.07, 6.45) is 1.48. The van der Waals surface area contributed by atoms with Gasteiger partial charge >= 0.3 is 5.76 Å². The van der Waals surface area contributed by atoms with Gasteiger partial charge in [0.25, 0.3) is 0 Å². The number of H-pyrrole nitrogens is 2. The molecule has 1 unspecified atom stereocenters. The molecular weight excluding hydrogens is 286 g/mol. The van der Waals surface area contributed by atoms with Gasteiger partial charge in [-0.05, 0) is 26.6 Å². The Balaban J connectivity index is 0.000000151. The summed E-state index contributed by atoms with van der Waals surface area (Å²) < 4.78 is 12.7. The lowest BCUT2D eigenvalue weighted by Gasteiger charge is -1.86. The van der Waals surface area contributed by atoms with Gasteiger partial charge < -0.3 is 0 Å². The molecule has 110 valence electrons. The third-order valence-electron chi connectivity index (χ3n) is 1.61. The summed E-state index contributed by atoms with van der Waals surface area (Å²) in [7, 11) is -0.476. The lowest BCUT2D eigenvalue weighted by atomic mass is 10.7. The number of hydroxylamine groups is 1. The smallest absolute Gasteiger partial charge is 0.296 e. The Hall–Kier alpha value is -2.27. The minimum Gasteiger partial charge on any atom is -0.296 e. The van der Waals surface area contributed by atoms with E-state index in [4.69, 9.17) is 4.28 Å². The van der Waals surface area contributed by atoms with Gasteiger partial charge in [0.1, 0.15) is 23.8 Å². The fraction of sp³-hybridized carbons (Fsp3) is 0.333. The van der Waals surface area contributed by atoms with E-state index >= 15 is 0 Å². The number of rotatable bonds is 0. The molecule has 0 radical (unpaired) electrons. The summed E-state index contributed by atoms with van der Waals surface area (Å²) in [5.41, 5.74) is 2.57. The van der Waals surface area contributed by atoms with E-state index in [0.29, 0.717) is 5.82 Å². The second-order valence-electron chi connectivity index (χ2n) is 3.43. The largest absolute Gasteiger partial charge is 0.438 e. The number of nitrogens with zero attached hydrogens (tertiary/aromatic N) is 4. The van der Waals surface area contributed by atoms with Gasteiger partial charge in [-0.15, -0.1) is 0 Å². The maximum absolute atomic E-state index is 10.0. The zero-order chi connectivity index (χ0) is 15.0. The predicted molar refractivity (Wildman–Crippen MR) is 75.0 cm³/mol. The summed E-state index contributed by atoms with van der Waals surface area (Å²) in [6.45, 7) is 5.33. The SMILES string of the molecule is C=S1N=C(C)NO1.Cc1ncn[nH]1.Cc1noc(=O)[nH]1. The fourth-order valence-electron chi connectivity index (χ4n) is 0.868. The highest BCUT2D eigenvalue weighted by atomic mass is 32.2. The average Bonchev–Trinajstić information content (AvgIpc) is 3.07. The third-order valence-corrected chi connectivity index (χ3v) is 2.36. The van der Waals surface area contributed by atoms with Crippen molar-refractivity contribution < 1.29 is 8.81 Å². The highest BCUT2D eigenvalue weighted by Crippen LogP contribution is 2.15. The molecule has 3 heterocycles. The molecule has 3 N–H and O–H groups in total. The number of aromatic amines is 2. The van der Waals surface area contributed by atoms with Crippen molar-refractivity contribution in [1.29, 1.82) is 0 Å². The molecule has 20 heavy (non-hydrogen) atoms. The maximum Gasteiger partial charge on any atom is 0.438 e. The van der Waals surface area contributed by atoms with Gasteiger partial charge in [-0.25, -0.2) is 15.3 Å². The molecule has 1 aliphatic heterocycles. The first-order chi connectivity index (χ1) is 9.47. The molecule has 0 saturated carbocycles. The van der Waals surface area contributed by atoms with Gasteiger partial charge in [0.15, 0.2) is 0 Å². The molecule has 0 bridgehead atoms. The van der Waals surface area contributed by atoms with Crippen LogP contribution in [0.3, 0.4) is 0 Å². The van der Waals surface area contributed by atoms with Crippen molar-refractivity contribution in [1.82, 2.24) is 30.8 Å². The first-order valence-electron chi connectivity index (χ1n) is 5.34. The quantitative estimate of drug-likeness (QED) is 0.594. The Kier molecular flexibility index (Phi) is 6.32. The Labute approximate surface area is 116 Å². The number of amidine groups is 1. The minimum atomic E-state index is -0.502. The van der Waals surface area contributed by atoms with E-state index in [1.807, 2.05) is 13.8 Å². The van der Waals surface area contributed by atoms with Crippen LogP contribution >= 0.6 is 11.0 Å². The van der Waals surface area contributed by atoms with E-state index < -0.39 is 16.7 Å². The normalized spacial score (nSPS) is 16.1. The Bertz CT molecular complexity index is 616. The maximum atomic E-state index is 10.0. The van der Waals surface area contributed by atoms with Gasteiger partial charge in [0.05, 0.1) is 11.0 Å². The molecule has 2 aromatic heterocycles. The van der Waals surface area contributed by atoms with Crippen molar-refractivity contribution in [2.24, 2.45) is 4.40 Å². The summed E-state index contributed by atoms with van der Waals surface area (Å²) in [5.74, 6) is 5.21. The number of aryl methyl sites for hydroxylation is 2. The van der Waals surface area contributed by atoms with Crippen molar-refractivity contribution in [3.8, 4) is 0 Å². The second kappa shape index (κ2) is 8.01. The molecule has 2 aromatic rings. The van der Waals surface area contributed by atoms with E-state index in [2.05, 4.69) is 45.6 Å². The van der Waals surface area contributed by atoms with E-state index in [9.17, 15) is 4.79 Å². The zero-order valence-corrected chi connectivity index (χ0v) is 12.0. The van der Waals surface area contributed by atoms with Gasteiger partial charge in [-0.3, -0.25) is 14.6 Å². The molecule has 0 fully saturated rings. The first-order valence-corrected chi connectivity index (χ1v) is 6.62. The Morgan fingerprint density at radius 2 is 2.05 bits per heavy atom. The van der Waals surface area contributed by atoms with Crippen LogP contribution in [-0.4, -0.2) is 37.0 Å². The number of hydrogen-bond acceptors (Lipinski definition) is 8. The van der Waals surface area contributed by atoms with Gasteiger partial charge in [-0.2, -0.15) is 13.8 Å². The first kappa shape index (κ1) is 15.8. The monoisotopic (exact) mass is 301 g/mol. The van der Waals surface area contributed by atoms with Crippen LogP contribution in [0.1, 0.15) is 18.6 Å². The molecular formula is C9H15N7O3S. The molecule has 0 amide bonds. The molecule has 11 heteroatoms. The van der Waals surface area contributed by atoms with Crippen molar-refractivity contribution >= 4 is 22.7 Å². The van der Waals surface area contributed by atoms with Crippen molar-refractivity contribution in [3.05, 3.63) is 28.5 Å². The van der Waals surface area contributed by atoms with E-state index in [1.54, 1.807) is 6.92 Å². The Morgan fingerprint density at radius 3 is 2.20 bits per heavy atom. The second-order valence-corrected chi connectivity index (χ2v) is 4.43. The van der Waals surface area contributed by atoms with Gasteiger partial charge in [0, 0.05) is 0 Å². The zero-order valence-electron chi connectivity index (χ0n) is 11.2. The molecule has 0 saturated heterocycles. The van der Waals surface area contributed by atoms with Crippen molar-refractivity contribution in [3.63, 3.8) is 0 Å². The van der Waals surface area contributed by atoms with Crippen LogP contribution in [0.15, 0.2) is 20.0 Å². The molecule has 10 nitrogen and oxygen atoms in total. The molecule has 0 aromatic carbocycles. The molecule has 0 spiro atoms. The lowest BCUT2D eigenvalue weighted by molar-refractivity contribution is 0.325. The topological polar surface area (TPSA) is 134 Å². The van der Waals surface area contributed by atoms with Crippen LogP contribution in [0.25, 0.3) is 0 Å². The minimum absolute atomic E-state index is 0.476. The van der Waals surface area contributed by atoms with Crippen LogP contribution in [0.5, 0.6) is 0 Å². The highest BCUT2D eigenvalue weighted by Gasteiger charge is 1.99. The van der Waals surface area contributed by atoms with Gasteiger partial charge in [0.2, 0.25) is 0 Å². The van der Waals surface area contributed by atoms with Gasteiger partial charge in [-0.1, -0.05) is 5.16 Å². The fourth-order valence-corrected chi connectivity index (χ4v) is 1.47. The summed E-state index contributed by atoms with van der Waals surface area (Å²) >= 11 is 0. The number of hydrogen-bond donors (Lipinski definition) is 3. The van der Waals surface area contributed by atoms with E-state index in [0.717, 1.165) is 11.7 Å². The number of nitrogens with one attached hydrogen (secondary N) is 3. The lowest BCUT2D eigenvalue weighted by Crippen LogP contribution is -2.10. The van der Waals surface area contributed by atoms with Crippen LogP contribution in [0.4, 0.5) is 0 Å². The summed E-state index contributed by atoms with van der Waals surface area (Å²) in [5, 5.41) is 9.50. The summed E-state index contributed by atoms with van der Waals surface area (Å²) in [6, 6.07) is 0. The van der Waals surface area contributed by atoms with Crippen LogP contribution < -0.4 is 11.2 Å². The van der Waals surface area contributed by atoms with E-state index in [-0.39, 0.29) is 0 Å². The van der Waals surface area contributed by atoms with Crippen LogP contribution in [0.2, 0.25) is 0 Å². The highest BCUT2D eigenvalue weighted by molar-refractivity contribution is 8.09. The van der Waals surface area contributed by atoms with Crippen molar-refractivity contribution in [2.75, 3.05) is 0 Å². The van der Waals surface area contributed by atoms with Crippen LogP contribution in [-0.2, 0) is 4.28 Å². The van der Waals surface area contributed by atoms with E-state index in [1.165, 1.54) is 6.33 Å². The Morgan fingerprint density at radius 1 is 1.30 bits per heavy atom. The molecule has 3 rings (SSSR count). The average molecular weight is 301 g/mol. The molecule has 1 atom stereocenters. The molecule has 0 aliphatic carbocycles. The summed E-state index contributed by atoms with van der Waals surface area (Å²) in [4.78, 5) is 16.1. The third kappa shape index (κ3) is 6.61. The predicted octanol–water partition coefficient (Wildman–Crippen LogP) is 0.255.